The van der Waals surface area contributed by atoms with Crippen LogP contribution in [0.4, 0.5) is 17.1 Å². The van der Waals surface area contributed by atoms with E-state index in [1.807, 2.05) is 0 Å². The molecule has 0 saturated carbocycles. The Bertz CT molecular complexity index is 1990. The monoisotopic (exact) mass is 638 g/mol. The van der Waals surface area contributed by atoms with Crippen molar-refractivity contribution in [1.29, 1.82) is 0 Å². The second kappa shape index (κ2) is 13.8. The van der Waals surface area contributed by atoms with Gasteiger partial charge in [0.1, 0.15) is 0 Å². The van der Waals surface area contributed by atoms with E-state index in [2.05, 4.69) is 181 Å². The molecule has 2 heteroatoms. The quantitative estimate of drug-likeness (QED) is 0.189. The van der Waals surface area contributed by atoms with E-state index in [0.29, 0.717) is 23.7 Å². The molecule has 4 aliphatic rings. The maximum atomic E-state index is 2.53. The second-order valence-electron chi connectivity index (χ2n) is 14.3. The molecule has 0 radical (unpaired) electrons. The Morgan fingerprint density at radius 2 is 1.43 bits per heavy atom. The van der Waals surface area contributed by atoms with Crippen molar-refractivity contribution in [3.63, 3.8) is 0 Å². The lowest BCUT2D eigenvalue weighted by atomic mass is 9.75. The lowest BCUT2D eigenvalue weighted by Crippen LogP contribution is -2.28. The molecule has 4 unspecified atom stereocenters. The van der Waals surface area contributed by atoms with Crippen molar-refractivity contribution in [2.75, 3.05) is 16.3 Å². The predicted octanol–water partition coefficient (Wildman–Crippen LogP) is 11.7. The third-order valence-electron chi connectivity index (χ3n) is 10.8. The summed E-state index contributed by atoms with van der Waals surface area (Å²) in [5.41, 5.74) is 13.3. The summed E-state index contributed by atoms with van der Waals surface area (Å²) in [5, 5.41) is 0. The molecule has 0 spiro atoms. The number of fused-ring (bicyclic) bond motifs is 2. The standard InChI is InChI=1S/C47H46N2/c1-34-17-19-38-21-27-46(32-41(38)29-34)49(43-15-7-4-8-16-43)44-24-22-39(23-25-44)47-28-18-36(30-35(47)2)33-48(42-13-5-3-6-14-42)45-26-20-37-11-9-10-12-40(37)31-45/h3-19,21-22,24-25,27-28,30-32,34-35,39,47H,20,23,26,29,33H2,1-2H3. The molecule has 4 aromatic carbocycles. The first kappa shape index (κ1) is 31.2. The van der Waals surface area contributed by atoms with Gasteiger partial charge in [-0.1, -0.05) is 123 Å². The first-order chi connectivity index (χ1) is 24.1. The second-order valence-corrected chi connectivity index (χ2v) is 14.3. The summed E-state index contributed by atoms with van der Waals surface area (Å²) in [6, 6.07) is 37.6. The number of rotatable bonds is 8. The average Bonchev–Trinajstić information content (AvgIpc) is 3.15. The summed E-state index contributed by atoms with van der Waals surface area (Å²) in [6.07, 6.45) is 26.0. The first-order valence-electron chi connectivity index (χ1n) is 18.1. The van der Waals surface area contributed by atoms with Crippen LogP contribution >= 0.6 is 0 Å². The summed E-state index contributed by atoms with van der Waals surface area (Å²) in [6.45, 7) is 5.60. The predicted molar refractivity (Wildman–Crippen MR) is 209 cm³/mol. The van der Waals surface area contributed by atoms with Crippen LogP contribution in [-0.4, -0.2) is 6.54 Å². The van der Waals surface area contributed by atoms with Crippen molar-refractivity contribution < 1.29 is 0 Å². The zero-order chi connectivity index (χ0) is 33.2. The van der Waals surface area contributed by atoms with Crippen molar-refractivity contribution >= 4 is 29.2 Å². The van der Waals surface area contributed by atoms with E-state index in [1.165, 1.54) is 56.3 Å². The number of allylic oxidation sites excluding steroid dienone is 7. The van der Waals surface area contributed by atoms with Crippen LogP contribution in [0, 0.1) is 23.7 Å². The fraction of sp³-hybridized carbons (Fsp3) is 0.234. The number of benzene rings is 4. The van der Waals surface area contributed by atoms with Gasteiger partial charge in [-0.05, 0) is 126 Å². The maximum absolute atomic E-state index is 2.53. The van der Waals surface area contributed by atoms with Crippen molar-refractivity contribution in [2.45, 2.75) is 39.5 Å². The number of nitrogens with zero attached hydrogens (tertiary/aromatic N) is 2. The Morgan fingerprint density at radius 3 is 2.20 bits per heavy atom. The largest absolute Gasteiger partial charge is 0.341 e. The van der Waals surface area contributed by atoms with Crippen LogP contribution in [0.3, 0.4) is 0 Å². The van der Waals surface area contributed by atoms with E-state index in [1.54, 1.807) is 0 Å². The normalized spacial score (nSPS) is 22.4. The van der Waals surface area contributed by atoms with E-state index in [0.717, 1.165) is 32.2 Å². The molecule has 4 atom stereocenters. The van der Waals surface area contributed by atoms with Crippen LogP contribution < -0.4 is 9.80 Å². The Balaban J connectivity index is 1.00. The summed E-state index contributed by atoms with van der Waals surface area (Å²) < 4.78 is 0. The molecule has 0 fully saturated rings. The minimum absolute atomic E-state index is 0.462. The van der Waals surface area contributed by atoms with E-state index in [-0.39, 0.29) is 0 Å². The third-order valence-corrected chi connectivity index (χ3v) is 10.8. The van der Waals surface area contributed by atoms with Crippen molar-refractivity contribution in [2.24, 2.45) is 23.7 Å². The molecule has 4 aromatic rings. The first-order valence-corrected chi connectivity index (χ1v) is 18.1. The minimum Gasteiger partial charge on any atom is -0.341 e. The van der Waals surface area contributed by atoms with Gasteiger partial charge in [-0.25, -0.2) is 0 Å². The molecule has 8 rings (SSSR count). The smallest absolute Gasteiger partial charge is 0.0475 e. The molecule has 244 valence electrons. The lowest BCUT2D eigenvalue weighted by molar-refractivity contribution is 0.387. The molecule has 0 N–H and O–H groups in total. The SMILES string of the molecule is CC1C=Cc2ccc(N(C3=CCC(C4C=CC(CN(C5=Cc6ccccc6CC5)c5ccccc5)=CC4C)C=C3)c3ccccc3)cc2C1. The number of aryl methyl sites for hydroxylation is 1. The topological polar surface area (TPSA) is 6.48 Å². The molecule has 0 amide bonds. The van der Waals surface area contributed by atoms with Crippen LogP contribution in [0.1, 0.15) is 48.9 Å². The van der Waals surface area contributed by atoms with Crippen LogP contribution in [0.2, 0.25) is 0 Å². The van der Waals surface area contributed by atoms with E-state index >= 15 is 0 Å². The number of hydrogen-bond acceptors (Lipinski definition) is 2. The summed E-state index contributed by atoms with van der Waals surface area (Å²) >= 11 is 0. The zero-order valence-electron chi connectivity index (χ0n) is 28.8. The molecule has 4 aliphatic carbocycles. The highest BCUT2D eigenvalue weighted by atomic mass is 15.1. The molecule has 0 aromatic heterocycles. The molecular formula is C47H46N2. The van der Waals surface area contributed by atoms with E-state index in [4.69, 9.17) is 0 Å². The lowest BCUT2D eigenvalue weighted by Gasteiger charge is -2.35. The van der Waals surface area contributed by atoms with Gasteiger partial charge in [0.15, 0.2) is 0 Å². The highest BCUT2D eigenvalue weighted by molar-refractivity contribution is 5.73. The van der Waals surface area contributed by atoms with Gasteiger partial charge < -0.3 is 9.80 Å². The molecular weight excluding hydrogens is 593 g/mol. The molecule has 2 nitrogen and oxygen atoms in total. The molecule has 0 aliphatic heterocycles. The minimum atomic E-state index is 0.462. The molecule has 0 saturated heterocycles. The van der Waals surface area contributed by atoms with Gasteiger partial charge in [0.2, 0.25) is 0 Å². The van der Waals surface area contributed by atoms with E-state index < -0.39 is 0 Å². The van der Waals surface area contributed by atoms with Crippen molar-refractivity contribution in [1.82, 2.24) is 0 Å². The summed E-state index contributed by atoms with van der Waals surface area (Å²) in [4.78, 5) is 4.97. The number of para-hydroxylation sites is 2. The van der Waals surface area contributed by atoms with Gasteiger partial charge in [0.05, 0.1) is 0 Å². The van der Waals surface area contributed by atoms with E-state index in [9.17, 15) is 0 Å². The fourth-order valence-corrected chi connectivity index (χ4v) is 8.19. The van der Waals surface area contributed by atoms with Crippen LogP contribution in [-0.2, 0) is 12.8 Å². The summed E-state index contributed by atoms with van der Waals surface area (Å²) in [5.74, 6) is 1.99. The molecule has 0 heterocycles. The van der Waals surface area contributed by atoms with Gasteiger partial charge in [0, 0.05) is 35.0 Å². The average molecular weight is 639 g/mol. The van der Waals surface area contributed by atoms with Crippen LogP contribution in [0.15, 0.2) is 163 Å². The molecule has 49 heavy (non-hydrogen) atoms. The third kappa shape index (κ3) is 6.65. The summed E-state index contributed by atoms with van der Waals surface area (Å²) in [7, 11) is 0. The van der Waals surface area contributed by atoms with Gasteiger partial charge in [-0.3, -0.25) is 0 Å². The Morgan fingerprint density at radius 1 is 0.653 bits per heavy atom. The van der Waals surface area contributed by atoms with Gasteiger partial charge in [-0.2, -0.15) is 0 Å². The van der Waals surface area contributed by atoms with Gasteiger partial charge in [-0.15, -0.1) is 0 Å². The van der Waals surface area contributed by atoms with Gasteiger partial charge >= 0.3 is 0 Å². The van der Waals surface area contributed by atoms with Gasteiger partial charge in [0.25, 0.3) is 0 Å². The Kier molecular flexibility index (Phi) is 8.79. The number of hydrogen-bond donors (Lipinski definition) is 0. The fourth-order valence-electron chi connectivity index (χ4n) is 8.19. The van der Waals surface area contributed by atoms with Crippen molar-refractivity contribution in [3.8, 4) is 0 Å². The van der Waals surface area contributed by atoms with Crippen LogP contribution in [0.5, 0.6) is 0 Å². The Labute approximate surface area is 292 Å². The highest BCUT2D eigenvalue weighted by Gasteiger charge is 2.28. The van der Waals surface area contributed by atoms with Crippen molar-refractivity contribution in [3.05, 3.63) is 185 Å². The number of anilines is 3. The Hall–Kier alpha value is -5.08. The molecule has 0 bridgehead atoms. The maximum Gasteiger partial charge on any atom is 0.0475 e. The highest BCUT2D eigenvalue weighted by Crippen LogP contribution is 2.40. The zero-order valence-corrected chi connectivity index (χ0v) is 28.8. The van der Waals surface area contributed by atoms with Crippen LogP contribution in [0.25, 0.3) is 12.2 Å².